The molecule has 0 bridgehead atoms. The van der Waals surface area contributed by atoms with Gasteiger partial charge in [-0.1, -0.05) is 48.5 Å². The van der Waals surface area contributed by atoms with Gasteiger partial charge in [0.2, 0.25) is 5.91 Å². The monoisotopic (exact) mass is 437 g/mol. The Morgan fingerprint density at radius 2 is 1.91 bits per heavy atom. The number of fused-ring (bicyclic) bond motifs is 2. The third-order valence-corrected chi connectivity index (χ3v) is 5.79. The molecule has 0 fully saturated rings. The molecule has 0 aliphatic carbocycles. The van der Waals surface area contributed by atoms with Gasteiger partial charge in [-0.2, -0.15) is 0 Å². The second kappa shape index (κ2) is 8.70. The van der Waals surface area contributed by atoms with E-state index < -0.39 is 0 Å². The molecule has 1 N–H and O–H groups in total. The highest BCUT2D eigenvalue weighted by molar-refractivity contribution is 6.04. The average Bonchev–Trinajstić information content (AvgIpc) is 2.86. The minimum atomic E-state index is -0.163. The Morgan fingerprint density at radius 3 is 2.76 bits per heavy atom. The zero-order valence-electron chi connectivity index (χ0n) is 18.2. The normalized spacial score (nSPS) is 12.9. The third-order valence-electron chi connectivity index (χ3n) is 5.79. The van der Waals surface area contributed by atoms with Gasteiger partial charge in [0.15, 0.2) is 5.82 Å². The van der Waals surface area contributed by atoms with Crippen LogP contribution in [0.2, 0.25) is 0 Å². The van der Waals surface area contributed by atoms with E-state index in [1.54, 1.807) is 35.3 Å². The van der Waals surface area contributed by atoms with Crippen LogP contribution in [0, 0.1) is 0 Å². The molecule has 2 amide bonds. The summed E-state index contributed by atoms with van der Waals surface area (Å²) < 4.78 is 0. The van der Waals surface area contributed by atoms with Crippen LogP contribution >= 0.6 is 0 Å². The number of carbonyl (C=O) groups is 2. The molecule has 2 aromatic heterocycles. The van der Waals surface area contributed by atoms with E-state index in [0.717, 1.165) is 22.0 Å². The van der Waals surface area contributed by atoms with Crippen molar-refractivity contribution >= 4 is 34.2 Å². The van der Waals surface area contributed by atoms with Gasteiger partial charge < -0.3 is 15.1 Å². The molecule has 7 nitrogen and oxygen atoms in total. The number of hydrogen-bond acceptors (Lipinski definition) is 5. The van der Waals surface area contributed by atoms with Crippen LogP contribution < -0.4 is 10.2 Å². The van der Waals surface area contributed by atoms with E-state index in [4.69, 9.17) is 0 Å². The number of carbonyl (C=O) groups excluding carboxylic acids is 2. The first-order valence-electron chi connectivity index (χ1n) is 10.8. The van der Waals surface area contributed by atoms with Crippen molar-refractivity contribution in [2.75, 3.05) is 23.8 Å². The summed E-state index contributed by atoms with van der Waals surface area (Å²) in [6.45, 7) is 1.03. The number of pyridine rings is 2. The van der Waals surface area contributed by atoms with Crippen molar-refractivity contribution in [1.29, 1.82) is 0 Å². The van der Waals surface area contributed by atoms with Gasteiger partial charge in [0.05, 0.1) is 29.9 Å². The quantitative estimate of drug-likeness (QED) is 0.513. The van der Waals surface area contributed by atoms with E-state index in [-0.39, 0.29) is 18.4 Å². The highest BCUT2D eigenvalue weighted by Gasteiger charge is 2.27. The molecule has 0 saturated carbocycles. The lowest BCUT2D eigenvalue weighted by Gasteiger charge is -2.30. The Morgan fingerprint density at radius 1 is 1.06 bits per heavy atom. The Hall–Kier alpha value is -4.26. The number of amides is 2. The lowest BCUT2D eigenvalue weighted by Crippen LogP contribution is -2.40. The fourth-order valence-corrected chi connectivity index (χ4v) is 4.09. The standard InChI is InChI=1S/C26H23N5O2/c1-30(17-19-9-5-11-22-21(19)10-6-12-27-22)26(33)20-13-23-25(28-14-20)29-15-24(32)31(23)16-18-7-3-2-4-8-18/h2-14H,15-17H2,1H3,(H,28,29). The van der Waals surface area contributed by atoms with Crippen molar-refractivity contribution in [3.8, 4) is 0 Å². The van der Waals surface area contributed by atoms with Gasteiger partial charge in [-0.05, 0) is 29.3 Å². The molecule has 4 aromatic rings. The van der Waals surface area contributed by atoms with Gasteiger partial charge in [0.1, 0.15) is 0 Å². The molecule has 7 heteroatoms. The first-order chi connectivity index (χ1) is 16.1. The predicted octanol–water partition coefficient (Wildman–Crippen LogP) is 3.86. The highest BCUT2D eigenvalue weighted by Crippen LogP contribution is 2.30. The van der Waals surface area contributed by atoms with Gasteiger partial charge in [0, 0.05) is 31.4 Å². The molecule has 0 unspecified atom stereocenters. The Bertz CT molecular complexity index is 1330. The maximum atomic E-state index is 13.3. The summed E-state index contributed by atoms with van der Waals surface area (Å²) >= 11 is 0. The Balaban J connectivity index is 1.41. The fraction of sp³-hybridized carbons (Fsp3) is 0.154. The van der Waals surface area contributed by atoms with Crippen LogP contribution in [0.1, 0.15) is 21.5 Å². The second-order valence-corrected chi connectivity index (χ2v) is 8.06. The summed E-state index contributed by atoms with van der Waals surface area (Å²) in [4.78, 5) is 38.1. The maximum absolute atomic E-state index is 13.3. The smallest absolute Gasteiger partial charge is 0.255 e. The van der Waals surface area contributed by atoms with Gasteiger partial charge in [0.25, 0.3) is 5.91 Å². The summed E-state index contributed by atoms with van der Waals surface area (Å²) in [5.41, 5.74) is 3.97. The van der Waals surface area contributed by atoms with E-state index in [9.17, 15) is 9.59 Å². The third kappa shape index (κ3) is 4.13. The number of benzene rings is 2. The molecule has 5 rings (SSSR count). The van der Waals surface area contributed by atoms with E-state index in [1.165, 1.54) is 0 Å². The molecule has 0 atom stereocenters. The summed E-state index contributed by atoms with van der Waals surface area (Å²) in [6.07, 6.45) is 3.32. The van der Waals surface area contributed by atoms with Crippen LogP contribution in [-0.4, -0.2) is 40.3 Å². The zero-order chi connectivity index (χ0) is 22.8. The molecule has 0 spiro atoms. The number of hydrogen-bond donors (Lipinski definition) is 1. The molecule has 1 aliphatic rings. The minimum Gasteiger partial charge on any atom is -0.359 e. The SMILES string of the molecule is CN(Cc1cccc2ncccc12)C(=O)c1cnc2c(c1)N(Cc1ccccc1)C(=O)CN2. The molecule has 33 heavy (non-hydrogen) atoms. The average molecular weight is 438 g/mol. The van der Waals surface area contributed by atoms with Crippen LogP contribution in [0.25, 0.3) is 10.9 Å². The lowest BCUT2D eigenvalue weighted by molar-refractivity contribution is -0.117. The van der Waals surface area contributed by atoms with Crippen LogP contribution in [0.15, 0.2) is 79.1 Å². The van der Waals surface area contributed by atoms with E-state index in [1.807, 2.05) is 60.7 Å². The Kier molecular flexibility index (Phi) is 5.44. The molecule has 3 heterocycles. The van der Waals surface area contributed by atoms with Gasteiger partial charge in [-0.15, -0.1) is 0 Å². The summed E-state index contributed by atoms with van der Waals surface area (Å²) in [6, 6.07) is 21.3. The van der Waals surface area contributed by atoms with Crippen LogP contribution in [0.4, 0.5) is 11.5 Å². The number of aromatic nitrogens is 2. The van der Waals surface area contributed by atoms with Crippen molar-refractivity contribution in [2.24, 2.45) is 0 Å². The molecular weight excluding hydrogens is 414 g/mol. The fourth-order valence-electron chi connectivity index (χ4n) is 4.09. The van der Waals surface area contributed by atoms with Gasteiger partial charge >= 0.3 is 0 Å². The first-order valence-corrected chi connectivity index (χ1v) is 10.8. The minimum absolute atomic E-state index is 0.0608. The summed E-state index contributed by atoms with van der Waals surface area (Å²) in [5, 5.41) is 4.07. The van der Waals surface area contributed by atoms with E-state index in [2.05, 4.69) is 15.3 Å². The molecule has 0 saturated heterocycles. The van der Waals surface area contributed by atoms with Crippen molar-refractivity contribution in [1.82, 2.24) is 14.9 Å². The first kappa shape index (κ1) is 20.6. The topological polar surface area (TPSA) is 78.4 Å². The second-order valence-electron chi connectivity index (χ2n) is 8.06. The van der Waals surface area contributed by atoms with Gasteiger partial charge in [-0.3, -0.25) is 14.6 Å². The van der Waals surface area contributed by atoms with Crippen LogP contribution in [0.3, 0.4) is 0 Å². The molecule has 164 valence electrons. The predicted molar refractivity (Wildman–Crippen MR) is 128 cm³/mol. The van der Waals surface area contributed by atoms with Gasteiger partial charge in [-0.25, -0.2) is 4.98 Å². The molecular formula is C26H23N5O2. The number of nitrogens with zero attached hydrogens (tertiary/aromatic N) is 4. The van der Waals surface area contributed by atoms with Crippen molar-refractivity contribution < 1.29 is 9.59 Å². The molecule has 2 aromatic carbocycles. The van der Waals surface area contributed by atoms with E-state index >= 15 is 0 Å². The zero-order valence-corrected chi connectivity index (χ0v) is 18.2. The Labute approximate surface area is 191 Å². The molecule has 1 aliphatic heterocycles. The maximum Gasteiger partial charge on any atom is 0.255 e. The molecule has 0 radical (unpaired) electrons. The van der Waals surface area contributed by atoms with Crippen molar-refractivity contribution in [2.45, 2.75) is 13.1 Å². The summed E-state index contributed by atoms with van der Waals surface area (Å²) in [5.74, 6) is 0.378. The van der Waals surface area contributed by atoms with Crippen LogP contribution in [-0.2, 0) is 17.9 Å². The lowest BCUT2D eigenvalue weighted by atomic mass is 10.1. The van der Waals surface area contributed by atoms with Crippen molar-refractivity contribution in [3.63, 3.8) is 0 Å². The van der Waals surface area contributed by atoms with Crippen LogP contribution in [0.5, 0.6) is 0 Å². The number of anilines is 2. The largest absolute Gasteiger partial charge is 0.359 e. The number of rotatable bonds is 5. The number of nitrogens with one attached hydrogen (secondary N) is 1. The van der Waals surface area contributed by atoms with E-state index in [0.29, 0.717) is 30.2 Å². The highest BCUT2D eigenvalue weighted by atomic mass is 16.2. The van der Waals surface area contributed by atoms with Crippen molar-refractivity contribution in [3.05, 3.63) is 95.8 Å². The summed E-state index contributed by atoms with van der Waals surface area (Å²) in [7, 11) is 1.77.